The van der Waals surface area contributed by atoms with Gasteiger partial charge in [-0.15, -0.1) is 0 Å². The van der Waals surface area contributed by atoms with Crippen LogP contribution >= 0.6 is 0 Å². The Morgan fingerprint density at radius 2 is 0.621 bits per heavy atom. The molecule has 0 amide bonds. The maximum Gasteiger partial charge on any atom is 0.717 e. The first-order valence-corrected chi connectivity index (χ1v) is 14.7. The summed E-state index contributed by atoms with van der Waals surface area (Å²) >= 11 is 0. The second-order valence-electron chi connectivity index (χ2n) is 10.7. The largest absolute Gasteiger partial charge is 0.717 e. The van der Waals surface area contributed by atoms with E-state index in [1.165, 1.54) is 4.90 Å². The van der Waals surface area contributed by atoms with E-state index in [-0.39, 0.29) is 39.3 Å². The Hall–Kier alpha value is -8.83. The van der Waals surface area contributed by atoms with E-state index in [2.05, 4.69) is 46.6 Å². The van der Waals surface area contributed by atoms with E-state index in [4.69, 9.17) is 0 Å². The molecule has 0 spiro atoms. The number of aromatic nitrogens is 12. The van der Waals surface area contributed by atoms with Gasteiger partial charge in [0.1, 0.15) is 0 Å². The summed E-state index contributed by atoms with van der Waals surface area (Å²) in [6.45, 7) is -6.42. The van der Waals surface area contributed by atoms with Gasteiger partial charge in [-0.2, -0.15) is 0 Å². The van der Waals surface area contributed by atoms with Crippen molar-refractivity contribution >= 4 is 17.8 Å². The summed E-state index contributed by atoms with van der Waals surface area (Å²) in [5.41, 5.74) is 0. The van der Waals surface area contributed by atoms with Crippen molar-refractivity contribution in [1.29, 1.82) is 0 Å². The predicted molar refractivity (Wildman–Crippen MR) is 167 cm³/mol. The molecule has 3 aromatic rings. The molecule has 314 valence electrons. The summed E-state index contributed by atoms with van der Waals surface area (Å²) in [5.74, 6) is -13.5. The topological polar surface area (TPSA) is 558 Å². The fourth-order valence-corrected chi connectivity index (χ4v) is 4.26. The zero-order valence-electron chi connectivity index (χ0n) is 28.1. The lowest BCUT2D eigenvalue weighted by molar-refractivity contribution is -0.965. The second-order valence-corrected chi connectivity index (χ2v) is 10.7. The lowest BCUT2D eigenvalue weighted by Gasteiger charge is -2.22. The minimum Gasteiger partial charge on any atom is -0.332 e. The van der Waals surface area contributed by atoms with E-state index in [0.717, 1.165) is 14.0 Å². The third-order valence-electron chi connectivity index (χ3n) is 7.56. The van der Waals surface area contributed by atoms with Gasteiger partial charge in [-0.1, -0.05) is 15.3 Å². The third kappa shape index (κ3) is 8.59. The molecule has 3 rings (SSSR count). The highest BCUT2D eigenvalue weighted by Gasteiger charge is 2.72. The average molecular weight is 839 g/mol. The van der Waals surface area contributed by atoms with Gasteiger partial charge < -0.3 is 16.0 Å². The van der Waals surface area contributed by atoms with E-state index in [0.29, 0.717) is 0 Å². The Bertz CT molecular complexity index is 1740. The molecule has 0 aromatic carbocycles. The van der Waals surface area contributed by atoms with Crippen LogP contribution in [0.25, 0.3) is 0 Å². The van der Waals surface area contributed by atoms with Gasteiger partial charge in [-0.05, 0) is 31.3 Å². The number of hydrogen-bond donors (Lipinski definition) is 3. The highest BCUT2D eigenvalue weighted by molar-refractivity contribution is 5.23. The molecular weight excluding hydrogens is 818 g/mol. The van der Waals surface area contributed by atoms with Crippen molar-refractivity contribution < 1.29 is 44.3 Å². The smallest absolute Gasteiger partial charge is 0.332 e. The van der Waals surface area contributed by atoms with E-state index < -0.39 is 99.1 Å². The molecule has 0 fully saturated rings. The highest BCUT2D eigenvalue weighted by Crippen LogP contribution is 2.17. The lowest BCUT2D eigenvalue weighted by Crippen LogP contribution is -2.58. The van der Waals surface area contributed by atoms with Crippen molar-refractivity contribution in [3.63, 3.8) is 0 Å². The summed E-state index contributed by atoms with van der Waals surface area (Å²) in [6.07, 6.45) is 0. The van der Waals surface area contributed by atoms with Crippen LogP contribution in [0.15, 0.2) is 0 Å². The molecular formula is C15H21N25O18. The molecule has 0 aliphatic heterocycles. The standard InChI is InChI=1S/C15H21N25O18/c41-32(42)13(33(43)44,34(45)46)7-16-10-19-22-25-29(10)4-1-28(2-5-30-11(20-23-26-30)17-8-14(35(47)48,36(49)50)37(51)52)3-6-31-12(21-24-27-31)18-9-15(38(53)54,39(55)56)40(57)58/h1-9H2,(H,16,19,25)(H,17,20,26)(H,18,21,27). The minimum atomic E-state index is -3.96. The lowest BCUT2D eigenvalue weighted by atomic mass is 10.3. The minimum absolute atomic E-state index is 0.236. The molecule has 58 heavy (non-hydrogen) atoms. The second kappa shape index (κ2) is 17.5. The van der Waals surface area contributed by atoms with Crippen LogP contribution in [-0.2, 0) is 19.6 Å². The number of nitro groups is 9. The normalized spacial score (nSPS) is 11.7. The summed E-state index contributed by atoms with van der Waals surface area (Å²) in [6, 6.07) is 0. The molecule has 3 heterocycles. The Balaban J connectivity index is 1.86. The van der Waals surface area contributed by atoms with Gasteiger partial charge in [-0.25, -0.2) is 14.0 Å². The molecule has 0 bridgehead atoms. The molecule has 0 aliphatic carbocycles. The molecule has 0 radical (unpaired) electrons. The van der Waals surface area contributed by atoms with Gasteiger partial charge in [0.15, 0.2) is 44.3 Å². The molecule has 0 atom stereocenters. The molecule has 0 saturated heterocycles. The van der Waals surface area contributed by atoms with Crippen LogP contribution in [0.3, 0.4) is 0 Å². The zero-order valence-corrected chi connectivity index (χ0v) is 28.1. The third-order valence-corrected chi connectivity index (χ3v) is 7.56. The Labute approximate surface area is 311 Å². The predicted octanol–water partition coefficient (Wildman–Crippen LogP) is -5.96. The van der Waals surface area contributed by atoms with Crippen LogP contribution in [0.1, 0.15) is 0 Å². The van der Waals surface area contributed by atoms with Crippen molar-refractivity contribution in [1.82, 2.24) is 65.5 Å². The van der Waals surface area contributed by atoms with Crippen LogP contribution in [-0.4, -0.2) is 166 Å². The zero-order chi connectivity index (χ0) is 43.6. The summed E-state index contributed by atoms with van der Waals surface area (Å²) in [5, 5.41) is 139. The fourth-order valence-electron chi connectivity index (χ4n) is 4.26. The van der Waals surface area contributed by atoms with Crippen molar-refractivity contribution in [2.75, 3.05) is 55.2 Å². The number of hydrogen-bond acceptors (Lipinski definition) is 31. The van der Waals surface area contributed by atoms with Crippen LogP contribution in [0.2, 0.25) is 0 Å². The molecule has 43 nitrogen and oxygen atoms in total. The van der Waals surface area contributed by atoms with Crippen LogP contribution in [0.5, 0.6) is 0 Å². The van der Waals surface area contributed by atoms with Gasteiger partial charge in [0.05, 0.1) is 19.6 Å². The Morgan fingerprint density at radius 1 is 0.414 bits per heavy atom. The summed E-state index contributed by atoms with van der Waals surface area (Å²) in [7, 11) is 0. The SMILES string of the molecule is O=[N+]([O-])C(CNc1nnnn1CCN(CCn1nnnc1NCC([N+](=O)[O-])([N+](=O)[O-])[N+](=O)[O-])CCn1nnnc1NCC([N+](=O)[O-])([N+](=O)[O-])[N+](=O)[O-])([N+](=O)[O-])[N+](=O)[O-]. The van der Waals surface area contributed by atoms with Crippen molar-refractivity contribution in [3.8, 4) is 0 Å². The van der Waals surface area contributed by atoms with Crippen LogP contribution < -0.4 is 16.0 Å². The fraction of sp³-hybridized carbons (Fsp3) is 0.800. The van der Waals surface area contributed by atoms with Gasteiger partial charge in [0.2, 0.25) is 37.5 Å². The van der Waals surface area contributed by atoms with E-state index in [9.17, 15) is 91.0 Å². The van der Waals surface area contributed by atoms with Gasteiger partial charge in [-0.3, -0.25) is 95.9 Å². The van der Waals surface area contributed by atoms with Crippen molar-refractivity contribution in [2.24, 2.45) is 0 Å². The monoisotopic (exact) mass is 839 g/mol. The number of anilines is 3. The molecule has 3 N–H and O–H groups in total. The first kappa shape index (κ1) is 43.6. The maximum atomic E-state index is 11.3. The Morgan fingerprint density at radius 3 is 0.810 bits per heavy atom. The van der Waals surface area contributed by atoms with Gasteiger partial charge in [0, 0.05) is 19.6 Å². The van der Waals surface area contributed by atoms with Crippen LogP contribution in [0.4, 0.5) is 17.8 Å². The van der Waals surface area contributed by atoms with Crippen LogP contribution in [0, 0.1) is 91.0 Å². The number of tetrazole rings is 3. The van der Waals surface area contributed by atoms with Gasteiger partial charge >= 0.3 is 17.4 Å². The molecule has 0 unspecified atom stereocenters. The first-order chi connectivity index (χ1) is 27.2. The number of nitrogens with one attached hydrogen (secondary N) is 3. The molecule has 0 saturated carbocycles. The van der Waals surface area contributed by atoms with Crippen molar-refractivity contribution in [3.05, 3.63) is 91.0 Å². The first-order valence-electron chi connectivity index (χ1n) is 14.7. The highest BCUT2D eigenvalue weighted by atomic mass is 16.8. The molecule has 43 heteroatoms. The quantitative estimate of drug-likeness (QED) is 0.0365. The van der Waals surface area contributed by atoms with E-state index in [1.54, 1.807) is 0 Å². The average Bonchev–Trinajstić information content (AvgIpc) is 3.89. The Kier molecular flexibility index (Phi) is 13.2. The molecule has 0 aliphatic rings. The summed E-state index contributed by atoms with van der Waals surface area (Å²) < 4.78 is 2.51. The van der Waals surface area contributed by atoms with Crippen molar-refractivity contribution in [2.45, 2.75) is 37.0 Å². The summed E-state index contributed by atoms with van der Waals surface area (Å²) in [4.78, 5) is 87.3. The van der Waals surface area contributed by atoms with E-state index in [1.807, 2.05) is 16.0 Å². The maximum absolute atomic E-state index is 11.3. The number of rotatable bonds is 27. The van der Waals surface area contributed by atoms with Gasteiger partial charge in [0.25, 0.3) is 0 Å². The molecule has 3 aromatic heterocycles. The van der Waals surface area contributed by atoms with E-state index >= 15 is 0 Å². The number of nitrogens with zero attached hydrogens (tertiary/aromatic N) is 22.